The molecule has 1 aliphatic carbocycles. The summed E-state index contributed by atoms with van der Waals surface area (Å²) in [5.41, 5.74) is 2.14. The minimum Gasteiger partial charge on any atom is -0.316 e. The molecule has 0 bridgehead atoms. The maximum atomic E-state index is 13.2. The van der Waals surface area contributed by atoms with E-state index in [4.69, 9.17) is 0 Å². The summed E-state index contributed by atoms with van der Waals surface area (Å²) in [7, 11) is 0. The molecule has 1 aromatic rings. The standard InChI is InChI=1S/C18H25NO/c1-2-18(11-6-12-19-13-18)17(20)16-10-4-3-9-15(16)14-7-5-8-14/h3-4,9-10,14,19H,2,5-8,11-13H2,1H3. The van der Waals surface area contributed by atoms with Crippen molar-refractivity contribution >= 4 is 5.78 Å². The van der Waals surface area contributed by atoms with Crippen LogP contribution in [0.5, 0.6) is 0 Å². The molecule has 1 unspecified atom stereocenters. The first-order chi connectivity index (χ1) is 9.77. The van der Waals surface area contributed by atoms with Crippen molar-refractivity contribution in [2.45, 2.75) is 51.4 Å². The van der Waals surface area contributed by atoms with Gasteiger partial charge in [0.05, 0.1) is 0 Å². The Morgan fingerprint density at radius 2 is 2.10 bits per heavy atom. The number of carbonyl (C=O) groups excluding carboxylic acids is 1. The SMILES string of the molecule is CCC1(C(=O)c2ccccc2C2CCC2)CCCNC1. The lowest BCUT2D eigenvalue weighted by Gasteiger charge is -2.37. The van der Waals surface area contributed by atoms with Crippen LogP contribution < -0.4 is 5.32 Å². The van der Waals surface area contributed by atoms with Crippen molar-refractivity contribution in [3.05, 3.63) is 35.4 Å². The first kappa shape index (κ1) is 13.8. The van der Waals surface area contributed by atoms with E-state index in [-0.39, 0.29) is 5.41 Å². The Kier molecular flexibility index (Phi) is 3.93. The second kappa shape index (κ2) is 5.69. The molecule has 2 nitrogen and oxygen atoms in total. The molecule has 0 radical (unpaired) electrons. The lowest BCUT2D eigenvalue weighted by atomic mass is 9.69. The average Bonchev–Trinajstić information content (AvgIpc) is 2.46. The van der Waals surface area contributed by atoms with Crippen LogP contribution in [0.1, 0.15) is 67.3 Å². The van der Waals surface area contributed by atoms with E-state index in [9.17, 15) is 4.79 Å². The Bertz CT molecular complexity index is 484. The zero-order chi connectivity index (χ0) is 14.0. The van der Waals surface area contributed by atoms with Gasteiger partial charge in [0.1, 0.15) is 0 Å². The Hall–Kier alpha value is -1.15. The number of carbonyl (C=O) groups is 1. The van der Waals surface area contributed by atoms with Crippen LogP contribution in [-0.2, 0) is 0 Å². The summed E-state index contributed by atoms with van der Waals surface area (Å²) < 4.78 is 0. The van der Waals surface area contributed by atoms with Crippen LogP contribution in [0.15, 0.2) is 24.3 Å². The maximum Gasteiger partial charge on any atom is 0.170 e. The fraction of sp³-hybridized carbons (Fsp3) is 0.611. The van der Waals surface area contributed by atoms with Crippen LogP contribution in [0.2, 0.25) is 0 Å². The first-order valence-corrected chi connectivity index (χ1v) is 8.11. The summed E-state index contributed by atoms with van der Waals surface area (Å²) in [6, 6.07) is 8.34. The molecule has 2 heteroatoms. The molecule has 1 saturated heterocycles. The molecule has 1 N–H and O–H groups in total. The molecule has 108 valence electrons. The molecule has 20 heavy (non-hydrogen) atoms. The predicted molar refractivity (Wildman–Crippen MR) is 82.2 cm³/mol. The average molecular weight is 271 g/mol. The predicted octanol–water partition coefficient (Wildman–Crippen LogP) is 3.92. The van der Waals surface area contributed by atoms with Crippen molar-refractivity contribution in [3.8, 4) is 0 Å². The Labute approximate surface area is 122 Å². The van der Waals surface area contributed by atoms with Gasteiger partial charge in [-0.15, -0.1) is 0 Å². The molecule has 0 aromatic heterocycles. The quantitative estimate of drug-likeness (QED) is 0.841. The number of rotatable bonds is 4. The smallest absolute Gasteiger partial charge is 0.170 e. The Morgan fingerprint density at radius 3 is 2.70 bits per heavy atom. The van der Waals surface area contributed by atoms with E-state index in [2.05, 4.69) is 30.4 Å². The molecule has 1 aliphatic heterocycles. The fourth-order valence-electron chi connectivity index (χ4n) is 3.69. The monoisotopic (exact) mass is 271 g/mol. The Morgan fingerprint density at radius 1 is 1.30 bits per heavy atom. The van der Waals surface area contributed by atoms with Crippen molar-refractivity contribution in [3.63, 3.8) is 0 Å². The highest BCUT2D eigenvalue weighted by molar-refractivity contribution is 6.02. The fourth-order valence-corrected chi connectivity index (χ4v) is 3.69. The molecule has 1 heterocycles. The summed E-state index contributed by atoms with van der Waals surface area (Å²) in [6.07, 6.45) is 6.91. The molecule has 0 amide bonds. The number of benzene rings is 1. The summed E-state index contributed by atoms with van der Waals surface area (Å²) >= 11 is 0. The number of Topliss-reactive ketones (excluding diaryl/α,β-unsaturated/α-hetero) is 1. The van der Waals surface area contributed by atoms with Crippen LogP contribution in [-0.4, -0.2) is 18.9 Å². The second-order valence-electron chi connectivity index (χ2n) is 6.46. The summed E-state index contributed by atoms with van der Waals surface area (Å²) in [6.45, 7) is 4.07. The zero-order valence-corrected chi connectivity index (χ0v) is 12.5. The molecule has 0 spiro atoms. The normalized spacial score (nSPS) is 27.1. The number of ketones is 1. The van der Waals surface area contributed by atoms with E-state index in [0.29, 0.717) is 11.7 Å². The first-order valence-electron chi connectivity index (χ1n) is 8.11. The largest absolute Gasteiger partial charge is 0.316 e. The van der Waals surface area contributed by atoms with E-state index < -0.39 is 0 Å². The molecule has 3 rings (SSSR count). The molecule has 2 aliphatic rings. The van der Waals surface area contributed by atoms with Gasteiger partial charge in [0.25, 0.3) is 0 Å². The molecule has 1 saturated carbocycles. The van der Waals surface area contributed by atoms with Gasteiger partial charge in [-0.2, -0.15) is 0 Å². The lowest BCUT2D eigenvalue weighted by molar-refractivity contribution is 0.0728. The third-order valence-corrected chi connectivity index (χ3v) is 5.38. The number of hydrogen-bond donors (Lipinski definition) is 1. The minimum absolute atomic E-state index is 0.169. The van der Waals surface area contributed by atoms with Gasteiger partial charge in [-0.1, -0.05) is 37.6 Å². The van der Waals surface area contributed by atoms with Gasteiger partial charge < -0.3 is 5.32 Å². The highest BCUT2D eigenvalue weighted by atomic mass is 16.1. The van der Waals surface area contributed by atoms with Gasteiger partial charge in [0.2, 0.25) is 0 Å². The van der Waals surface area contributed by atoms with E-state index in [1.807, 2.05) is 6.07 Å². The van der Waals surface area contributed by atoms with Crippen molar-refractivity contribution in [1.82, 2.24) is 5.32 Å². The van der Waals surface area contributed by atoms with Gasteiger partial charge in [-0.05, 0) is 50.1 Å². The molecular weight excluding hydrogens is 246 g/mol. The van der Waals surface area contributed by atoms with E-state index in [0.717, 1.165) is 37.9 Å². The maximum absolute atomic E-state index is 13.2. The van der Waals surface area contributed by atoms with Gasteiger partial charge in [-0.25, -0.2) is 0 Å². The Balaban J connectivity index is 1.93. The van der Waals surface area contributed by atoms with Crippen molar-refractivity contribution in [1.29, 1.82) is 0 Å². The van der Waals surface area contributed by atoms with Crippen molar-refractivity contribution in [2.24, 2.45) is 5.41 Å². The molecule has 1 aromatic carbocycles. The third kappa shape index (κ3) is 2.31. The molecule has 2 fully saturated rings. The highest BCUT2D eigenvalue weighted by Crippen LogP contribution is 2.41. The molecule has 1 atom stereocenters. The molecular formula is C18H25NO. The summed E-state index contributed by atoms with van der Waals surface area (Å²) in [4.78, 5) is 13.2. The van der Waals surface area contributed by atoms with Crippen molar-refractivity contribution in [2.75, 3.05) is 13.1 Å². The number of nitrogens with one attached hydrogen (secondary N) is 1. The van der Waals surface area contributed by atoms with Crippen LogP contribution in [0.3, 0.4) is 0 Å². The summed E-state index contributed by atoms with van der Waals surface area (Å²) in [5, 5.41) is 3.43. The highest BCUT2D eigenvalue weighted by Gasteiger charge is 2.39. The summed E-state index contributed by atoms with van der Waals surface area (Å²) in [5.74, 6) is 1.01. The van der Waals surface area contributed by atoms with Crippen LogP contribution in [0.25, 0.3) is 0 Å². The lowest BCUT2D eigenvalue weighted by Crippen LogP contribution is -2.45. The van der Waals surface area contributed by atoms with Gasteiger partial charge >= 0.3 is 0 Å². The van der Waals surface area contributed by atoms with Crippen molar-refractivity contribution < 1.29 is 4.79 Å². The van der Waals surface area contributed by atoms with E-state index in [1.54, 1.807) is 0 Å². The minimum atomic E-state index is -0.169. The van der Waals surface area contributed by atoms with Gasteiger partial charge in [0, 0.05) is 17.5 Å². The number of hydrogen-bond acceptors (Lipinski definition) is 2. The second-order valence-corrected chi connectivity index (χ2v) is 6.46. The van der Waals surface area contributed by atoms with Crippen LogP contribution in [0.4, 0.5) is 0 Å². The van der Waals surface area contributed by atoms with Crippen LogP contribution in [0, 0.1) is 5.41 Å². The van der Waals surface area contributed by atoms with Gasteiger partial charge in [0.15, 0.2) is 5.78 Å². The number of piperidine rings is 1. The van der Waals surface area contributed by atoms with E-state index >= 15 is 0 Å². The van der Waals surface area contributed by atoms with Gasteiger partial charge in [-0.3, -0.25) is 4.79 Å². The van der Waals surface area contributed by atoms with E-state index in [1.165, 1.54) is 24.8 Å². The third-order valence-electron chi connectivity index (χ3n) is 5.38. The van der Waals surface area contributed by atoms with Crippen LogP contribution >= 0.6 is 0 Å². The zero-order valence-electron chi connectivity index (χ0n) is 12.5. The topological polar surface area (TPSA) is 29.1 Å².